The third-order valence-electron chi connectivity index (χ3n) is 7.45. The quantitative estimate of drug-likeness (QED) is 0.353. The molecule has 1 aliphatic heterocycles. The van der Waals surface area contributed by atoms with E-state index in [-0.39, 0.29) is 6.23 Å². The van der Waals surface area contributed by atoms with Gasteiger partial charge < -0.3 is 10.1 Å². The predicted octanol–water partition coefficient (Wildman–Crippen LogP) is 6.95. The molecule has 2 aromatic rings. The van der Waals surface area contributed by atoms with Gasteiger partial charge in [-0.15, -0.1) is 10.2 Å². The molecule has 1 N–H and O–H groups in total. The van der Waals surface area contributed by atoms with Gasteiger partial charge in [-0.3, -0.25) is 0 Å². The molecule has 0 amide bonds. The summed E-state index contributed by atoms with van der Waals surface area (Å²) in [6, 6.07) is 6.24. The van der Waals surface area contributed by atoms with Crippen molar-refractivity contribution < 1.29 is 4.74 Å². The summed E-state index contributed by atoms with van der Waals surface area (Å²) in [5.74, 6) is 3.01. The Kier molecular flexibility index (Phi) is 5.99. The monoisotopic (exact) mass is 514 g/mol. The summed E-state index contributed by atoms with van der Waals surface area (Å²) in [4.78, 5) is 4.77. The highest BCUT2D eigenvalue weighted by molar-refractivity contribution is 9.10. The van der Waals surface area contributed by atoms with E-state index in [9.17, 15) is 0 Å². The molecule has 7 heteroatoms. The van der Waals surface area contributed by atoms with Gasteiger partial charge in [-0.05, 0) is 66.9 Å². The highest BCUT2D eigenvalue weighted by Crippen LogP contribution is 2.52. The number of hydrogen-bond donors (Lipinski definition) is 1. The van der Waals surface area contributed by atoms with Gasteiger partial charge in [-0.1, -0.05) is 67.0 Å². The van der Waals surface area contributed by atoms with Gasteiger partial charge in [0.05, 0.1) is 0 Å². The second-order valence-corrected chi connectivity index (χ2v) is 12.1. The Balaban J connectivity index is 1.54. The number of nitrogens with zero attached hydrogens (tertiary/aromatic N) is 3. The normalized spacial score (nSPS) is 28.2. The molecule has 1 fully saturated rings. The van der Waals surface area contributed by atoms with Crippen molar-refractivity contribution in [2.75, 3.05) is 11.1 Å². The average Bonchev–Trinajstić information content (AvgIpc) is 2.89. The largest absolute Gasteiger partial charge is 0.452 e. The van der Waals surface area contributed by atoms with Crippen LogP contribution >= 0.6 is 27.7 Å². The zero-order chi connectivity index (χ0) is 22.5. The Morgan fingerprint density at radius 3 is 2.94 bits per heavy atom. The lowest BCUT2D eigenvalue weighted by atomic mass is 9.59. The van der Waals surface area contributed by atoms with Crippen molar-refractivity contribution >= 4 is 33.4 Å². The molecule has 1 saturated carbocycles. The summed E-state index contributed by atoms with van der Waals surface area (Å²) in [5, 5.41) is 13.3. The van der Waals surface area contributed by atoms with Crippen LogP contribution in [0.2, 0.25) is 0 Å². The minimum absolute atomic E-state index is 0.151. The summed E-state index contributed by atoms with van der Waals surface area (Å²) in [6.07, 6.45) is 7.12. The number of hydrogen-bond acceptors (Lipinski definition) is 6. The SMILES string of the molecule is CCSc1nnc2c(n1)O[C@H]([C@H]1C[C@@H]3C(=CCCC3(C)C)C[C@@H]1C)Nc1ccc(Br)cc1-2. The maximum Gasteiger partial charge on any atom is 0.247 e. The summed E-state index contributed by atoms with van der Waals surface area (Å²) < 4.78 is 7.65. The van der Waals surface area contributed by atoms with Crippen LogP contribution in [0.1, 0.15) is 53.4 Å². The smallest absolute Gasteiger partial charge is 0.247 e. The fourth-order valence-corrected chi connectivity index (χ4v) is 6.53. The molecule has 170 valence electrons. The molecule has 0 bridgehead atoms. The number of allylic oxidation sites excluding steroid dienone is 2. The van der Waals surface area contributed by atoms with Crippen LogP contribution in [0, 0.1) is 23.2 Å². The van der Waals surface area contributed by atoms with E-state index in [0.717, 1.165) is 34.3 Å². The van der Waals surface area contributed by atoms with Gasteiger partial charge in [-0.2, -0.15) is 4.98 Å². The van der Waals surface area contributed by atoms with Crippen molar-refractivity contribution in [3.63, 3.8) is 0 Å². The molecule has 1 aromatic heterocycles. The van der Waals surface area contributed by atoms with E-state index in [1.54, 1.807) is 17.3 Å². The second kappa shape index (κ2) is 8.64. The Hall–Kier alpha value is -1.60. The highest BCUT2D eigenvalue weighted by Gasteiger charge is 2.45. The molecule has 2 heterocycles. The van der Waals surface area contributed by atoms with Gasteiger partial charge in [0, 0.05) is 21.6 Å². The Labute approximate surface area is 203 Å². The molecular weight excluding hydrogens is 484 g/mol. The zero-order valence-electron chi connectivity index (χ0n) is 19.2. The molecule has 4 atom stereocenters. The van der Waals surface area contributed by atoms with Gasteiger partial charge in [0.2, 0.25) is 11.0 Å². The lowest BCUT2D eigenvalue weighted by molar-refractivity contribution is 0.0519. The molecular formula is C25H31BrN4OS. The first-order valence-electron chi connectivity index (χ1n) is 11.6. The van der Waals surface area contributed by atoms with Gasteiger partial charge in [0.25, 0.3) is 0 Å². The Morgan fingerprint density at radius 2 is 2.12 bits per heavy atom. The number of thioether (sulfide) groups is 1. The van der Waals surface area contributed by atoms with Gasteiger partial charge in [0.15, 0.2) is 11.9 Å². The van der Waals surface area contributed by atoms with E-state index in [2.05, 4.69) is 83.4 Å². The van der Waals surface area contributed by atoms with Crippen LogP contribution in [-0.2, 0) is 0 Å². The lowest BCUT2D eigenvalue weighted by Gasteiger charge is -2.48. The molecule has 0 spiro atoms. The van der Waals surface area contributed by atoms with Crippen LogP contribution in [0.25, 0.3) is 11.3 Å². The minimum Gasteiger partial charge on any atom is -0.452 e. The number of halogens is 1. The number of fused-ring (bicyclic) bond motifs is 4. The molecule has 0 radical (unpaired) electrons. The van der Waals surface area contributed by atoms with Crippen molar-refractivity contribution in [3.8, 4) is 17.1 Å². The van der Waals surface area contributed by atoms with E-state index in [1.165, 1.54) is 12.8 Å². The standard InChI is InChI=1S/C25H31BrN4OS/c1-5-32-24-28-23-21(29-30-24)18-12-16(26)8-9-20(18)27-22(31-23)17-13-19-15(11-14(17)2)7-6-10-25(19,3)4/h7-9,12,14,17,19,22,27H,5-6,10-11,13H2,1-4H3/t14-,17-,19+,22+/m0/s1. The third-order valence-corrected chi connectivity index (χ3v) is 8.67. The van der Waals surface area contributed by atoms with Crippen LogP contribution in [0.3, 0.4) is 0 Å². The van der Waals surface area contributed by atoms with Crippen LogP contribution < -0.4 is 10.1 Å². The van der Waals surface area contributed by atoms with Crippen LogP contribution in [0.15, 0.2) is 39.5 Å². The number of aromatic nitrogens is 3. The average molecular weight is 516 g/mol. The van der Waals surface area contributed by atoms with Crippen LogP contribution in [0.4, 0.5) is 5.69 Å². The molecule has 5 nitrogen and oxygen atoms in total. The molecule has 0 unspecified atom stereocenters. The van der Waals surface area contributed by atoms with Crippen molar-refractivity contribution in [2.45, 2.75) is 64.8 Å². The molecule has 3 aliphatic rings. The van der Waals surface area contributed by atoms with Gasteiger partial charge in [0.1, 0.15) is 0 Å². The number of nitrogens with one attached hydrogen (secondary N) is 1. The first kappa shape index (κ1) is 22.2. The highest BCUT2D eigenvalue weighted by atomic mass is 79.9. The summed E-state index contributed by atoms with van der Waals surface area (Å²) in [7, 11) is 0. The van der Waals surface area contributed by atoms with Crippen molar-refractivity contribution in [3.05, 3.63) is 34.3 Å². The van der Waals surface area contributed by atoms with Gasteiger partial charge in [-0.25, -0.2) is 0 Å². The van der Waals surface area contributed by atoms with Crippen molar-refractivity contribution in [1.82, 2.24) is 15.2 Å². The number of ether oxygens (including phenoxy) is 1. The van der Waals surface area contributed by atoms with Crippen molar-refractivity contribution in [2.24, 2.45) is 23.2 Å². The van der Waals surface area contributed by atoms with Crippen LogP contribution in [-0.4, -0.2) is 27.2 Å². The maximum absolute atomic E-state index is 6.65. The lowest BCUT2D eigenvalue weighted by Crippen LogP contribution is -2.45. The minimum atomic E-state index is -0.151. The number of rotatable bonds is 3. The van der Waals surface area contributed by atoms with Crippen LogP contribution in [0.5, 0.6) is 5.88 Å². The van der Waals surface area contributed by atoms with E-state index in [4.69, 9.17) is 9.72 Å². The summed E-state index contributed by atoms with van der Waals surface area (Å²) >= 11 is 5.20. The third kappa shape index (κ3) is 4.07. The Bertz CT molecular complexity index is 1060. The second-order valence-electron chi connectivity index (χ2n) is 9.99. The molecule has 5 rings (SSSR count). The number of anilines is 1. The molecule has 1 aromatic carbocycles. The first-order valence-corrected chi connectivity index (χ1v) is 13.4. The predicted molar refractivity (Wildman–Crippen MR) is 134 cm³/mol. The van der Waals surface area contributed by atoms with E-state index in [0.29, 0.717) is 39.9 Å². The van der Waals surface area contributed by atoms with Gasteiger partial charge >= 0.3 is 0 Å². The zero-order valence-corrected chi connectivity index (χ0v) is 21.6. The summed E-state index contributed by atoms with van der Waals surface area (Å²) in [5.41, 5.74) is 4.71. The van der Waals surface area contributed by atoms with Crippen molar-refractivity contribution in [1.29, 1.82) is 0 Å². The number of benzene rings is 1. The van der Waals surface area contributed by atoms with E-state index >= 15 is 0 Å². The fourth-order valence-electron chi connectivity index (χ4n) is 5.67. The molecule has 32 heavy (non-hydrogen) atoms. The summed E-state index contributed by atoms with van der Waals surface area (Å²) in [6.45, 7) is 9.34. The first-order chi connectivity index (χ1) is 15.4. The van der Waals surface area contributed by atoms with E-state index < -0.39 is 0 Å². The Morgan fingerprint density at radius 1 is 1.28 bits per heavy atom. The topological polar surface area (TPSA) is 59.9 Å². The fraction of sp³-hybridized carbons (Fsp3) is 0.560. The maximum atomic E-state index is 6.65. The molecule has 0 saturated heterocycles. The van der Waals surface area contributed by atoms with E-state index in [1.807, 2.05) is 0 Å². The molecule has 2 aliphatic carbocycles.